The minimum Gasteiger partial charge on any atom is -0.341 e. The van der Waals surface area contributed by atoms with Gasteiger partial charge in [-0.05, 0) is 51.7 Å². The Morgan fingerprint density at radius 1 is 1.24 bits per heavy atom. The van der Waals surface area contributed by atoms with Crippen molar-refractivity contribution in [1.82, 2.24) is 9.80 Å². The van der Waals surface area contributed by atoms with Gasteiger partial charge in [0, 0.05) is 25.6 Å². The molecule has 1 fully saturated rings. The van der Waals surface area contributed by atoms with E-state index in [9.17, 15) is 4.79 Å². The molecule has 0 spiro atoms. The maximum Gasteiger partial charge on any atom is 0.225 e. The van der Waals surface area contributed by atoms with E-state index >= 15 is 0 Å². The number of carbonyl (C=O) groups is 1. The molecule has 0 aromatic carbocycles. The molecule has 0 aromatic rings. The summed E-state index contributed by atoms with van der Waals surface area (Å²) in [5, 5.41) is 0. The molecule has 4 heteroatoms. The molecule has 0 saturated heterocycles. The molecule has 2 atom stereocenters. The summed E-state index contributed by atoms with van der Waals surface area (Å²) in [4.78, 5) is 17.1. The second kappa shape index (κ2) is 9.42. The Kier molecular flexibility index (Phi) is 8.27. The first-order chi connectivity index (χ1) is 9.93. The van der Waals surface area contributed by atoms with Gasteiger partial charge in [-0.2, -0.15) is 0 Å². The van der Waals surface area contributed by atoms with Crippen molar-refractivity contribution in [3.63, 3.8) is 0 Å². The Balaban J connectivity index is 2.60. The lowest BCUT2D eigenvalue weighted by molar-refractivity contribution is -0.137. The topological polar surface area (TPSA) is 49.6 Å². The van der Waals surface area contributed by atoms with Gasteiger partial charge in [-0.15, -0.1) is 0 Å². The van der Waals surface area contributed by atoms with Gasteiger partial charge >= 0.3 is 0 Å². The first-order valence-electron chi connectivity index (χ1n) is 8.57. The summed E-state index contributed by atoms with van der Waals surface area (Å²) in [5.74, 6) is 1.80. The highest BCUT2D eigenvalue weighted by Gasteiger charge is 2.30. The summed E-state index contributed by atoms with van der Waals surface area (Å²) in [7, 11) is 4.13. The molecule has 21 heavy (non-hydrogen) atoms. The number of nitrogens with zero attached hydrogens (tertiary/aromatic N) is 2. The van der Waals surface area contributed by atoms with E-state index in [-0.39, 0.29) is 5.92 Å². The molecule has 1 amide bonds. The van der Waals surface area contributed by atoms with Gasteiger partial charge in [0.05, 0.1) is 0 Å². The fourth-order valence-electron chi connectivity index (χ4n) is 3.32. The summed E-state index contributed by atoms with van der Waals surface area (Å²) in [5.41, 5.74) is 5.69. The van der Waals surface area contributed by atoms with E-state index in [4.69, 9.17) is 5.73 Å². The van der Waals surface area contributed by atoms with Gasteiger partial charge in [0.1, 0.15) is 0 Å². The van der Waals surface area contributed by atoms with Crippen LogP contribution in [0.4, 0.5) is 0 Å². The van der Waals surface area contributed by atoms with Crippen LogP contribution in [0.15, 0.2) is 0 Å². The van der Waals surface area contributed by atoms with Gasteiger partial charge in [0.2, 0.25) is 5.91 Å². The van der Waals surface area contributed by atoms with Gasteiger partial charge in [-0.25, -0.2) is 0 Å². The van der Waals surface area contributed by atoms with E-state index < -0.39 is 0 Å². The molecule has 1 saturated carbocycles. The van der Waals surface area contributed by atoms with Crippen molar-refractivity contribution in [2.45, 2.75) is 46.0 Å². The zero-order valence-corrected chi connectivity index (χ0v) is 14.5. The van der Waals surface area contributed by atoms with Crippen LogP contribution in [0.25, 0.3) is 0 Å². The summed E-state index contributed by atoms with van der Waals surface area (Å²) in [6, 6.07) is 0. The van der Waals surface area contributed by atoms with Crippen molar-refractivity contribution >= 4 is 5.91 Å². The van der Waals surface area contributed by atoms with Gasteiger partial charge in [0.25, 0.3) is 0 Å². The quantitative estimate of drug-likeness (QED) is 0.747. The second-order valence-electron chi connectivity index (χ2n) is 7.29. The molecular weight excluding hydrogens is 262 g/mol. The molecule has 1 rings (SSSR count). The Morgan fingerprint density at radius 2 is 1.95 bits per heavy atom. The van der Waals surface area contributed by atoms with Crippen LogP contribution in [0, 0.1) is 17.8 Å². The largest absolute Gasteiger partial charge is 0.341 e. The number of rotatable bonds is 8. The van der Waals surface area contributed by atoms with Crippen molar-refractivity contribution < 1.29 is 4.79 Å². The maximum atomic E-state index is 12.9. The van der Waals surface area contributed by atoms with Crippen LogP contribution in [0.3, 0.4) is 0 Å². The Morgan fingerprint density at radius 3 is 2.52 bits per heavy atom. The molecule has 2 N–H and O–H groups in total. The summed E-state index contributed by atoms with van der Waals surface area (Å²) < 4.78 is 0. The molecule has 0 heterocycles. The molecule has 4 nitrogen and oxygen atoms in total. The van der Waals surface area contributed by atoms with Crippen LogP contribution < -0.4 is 5.73 Å². The van der Waals surface area contributed by atoms with E-state index in [1.807, 2.05) is 0 Å². The number of hydrogen-bond acceptors (Lipinski definition) is 3. The molecule has 0 radical (unpaired) electrons. The molecule has 1 aliphatic carbocycles. The Bertz CT molecular complexity index is 302. The van der Waals surface area contributed by atoms with Gasteiger partial charge < -0.3 is 15.5 Å². The molecule has 0 bridgehead atoms. The number of likely N-dealkylation sites (N-methyl/N-ethyl adjacent to an activating group) is 1. The molecule has 0 aliphatic heterocycles. The predicted octanol–water partition coefficient (Wildman–Crippen LogP) is 2.19. The number of carbonyl (C=O) groups excluding carboxylic acids is 1. The minimum absolute atomic E-state index is 0.233. The smallest absolute Gasteiger partial charge is 0.225 e. The van der Waals surface area contributed by atoms with Gasteiger partial charge in [-0.3, -0.25) is 4.79 Å². The first-order valence-corrected chi connectivity index (χ1v) is 8.57. The average Bonchev–Trinajstić information content (AvgIpc) is 2.43. The highest BCUT2D eigenvalue weighted by atomic mass is 16.2. The Labute approximate surface area is 131 Å². The van der Waals surface area contributed by atoms with Gasteiger partial charge in [-0.1, -0.05) is 26.7 Å². The van der Waals surface area contributed by atoms with E-state index in [0.717, 1.165) is 45.4 Å². The SMILES string of the molecule is CC(C)CN(CCN(C)C)C(=O)C1CCCC(CCN)C1. The fraction of sp³-hybridized carbons (Fsp3) is 0.941. The molecule has 2 unspecified atom stereocenters. The zero-order valence-electron chi connectivity index (χ0n) is 14.5. The zero-order chi connectivity index (χ0) is 15.8. The fourth-order valence-corrected chi connectivity index (χ4v) is 3.32. The lowest BCUT2D eigenvalue weighted by Gasteiger charge is -2.34. The van der Waals surface area contributed by atoms with Crippen LogP contribution in [-0.2, 0) is 4.79 Å². The van der Waals surface area contributed by atoms with Crippen molar-refractivity contribution in [1.29, 1.82) is 0 Å². The van der Waals surface area contributed by atoms with Crippen LogP contribution in [0.5, 0.6) is 0 Å². The third-order valence-corrected chi connectivity index (χ3v) is 4.42. The normalized spacial score (nSPS) is 22.8. The van der Waals surface area contributed by atoms with Crippen LogP contribution in [0.2, 0.25) is 0 Å². The third-order valence-electron chi connectivity index (χ3n) is 4.42. The first kappa shape index (κ1) is 18.4. The maximum absolute atomic E-state index is 12.9. The van der Waals surface area contributed by atoms with Crippen LogP contribution >= 0.6 is 0 Å². The van der Waals surface area contributed by atoms with Crippen molar-refractivity contribution in [3.8, 4) is 0 Å². The second-order valence-corrected chi connectivity index (χ2v) is 7.29. The van der Waals surface area contributed by atoms with E-state index in [1.54, 1.807) is 0 Å². The highest BCUT2D eigenvalue weighted by Crippen LogP contribution is 2.32. The van der Waals surface area contributed by atoms with E-state index in [1.165, 1.54) is 12.8 Å². The van der Waals surface area contributed by atoms with Crippen LogP contribution in [0.1, 0.15) is 46.0 Å². The average molecular weight is 297 g/mol. The van der Waals surface area contributed by atoms with Crippen molar-refractivity contribution in [2.75, 3.05) is 40.3 Å². The molecule has 124 valence electrons. The van der Waals surface area contributed by atoms with Gasteiger partial charge in [0.15, 0.2) is 0 Å². The predicted molar refractivity (Wildman–Crippen MR) is 89.1 cm³/mol. The van der Waals surface area contributed by atoms with Crippen molar-refractivity contribution in [3.05, 3.63) is 0 Å². The Hall–Kier alpha value is -0.610. The number of hydrogen-bond donors (Lipinski definition) is 1. The van der Waals surface area contributed by atoms with Crippen molar-refractivity contribution in [2.24, 2.45) is 23.5 Å². The third kappa shape index (κ3) is 6.79. The minimum atomic E-state index is 0.233. The van der Waals surface area contributed by atoms with E-state index in [0.29, 0.717) is 17.7 Å². The highest BCUT2D eigenvalue weighted by molar-refractivity contribution is 5.79. The lowest BCUT2D eigenvalue weighted by Crippen LogP contribution is -2.43. The standard InChI is InChI=1S/C17H35N3O/c1-14(2)13-20(11-10-19(3)4)17(21)16-7-5-6-15(12-16)8-9-18/h14-16H,5-13,18H2,1-4H3. The summed E-state index contributed by atoms with van der Waals surface area (Å²) >= 11 is 0. The number of nitrogens with two attached hydrogens (primary N) is 1. The molecular formula is C17H35N3O. The van der Waals surface area contributed by atoms with Crippen LogP contribution in [-0.4, -0.2) is 56.0 Å². The molecule has 0 aromatic heterocycles. The molecule has 1 aliphatic rings. The van der Waals surface area contributed by atoms with E-state index in [2.05, 4.69) is 37.7 Å². The number of amides is 1. The summed E-state index contributed by atoms with van der Waals surface area (Å²) in [6.07, 6.45) is 5.63. The monoisotopic (exact) mass is 297 g/mol. The lowest BCUT2D eigenvalue weighted by atomic mass is 9.79. The summed E-state index contributed by atoms with van der Waals surface area (Å²) in [6.45, 7) is 7.80.